The van der Waals surface area contributed by atoms with Crippen molar-refractivity contribution in [3.05, 3.63) is 46.8 Å². The van der Waals surface area contributed by atoms with Gasteiger partial charge in [0.15, 0.2) is 16.3 Å². The molecule has 0 saturated carbocycles. The second-order valence-corrected chi connectivity index (χ2v) is 8.73. The second kappa shape index (κ2) is 8.00. The van der Waals surface area contributed by atoms with E-state index >= 15 is 0 Å². The molecular weight excluding hydrogens is 400 g/mol. The average Bonchev–Trinajstić information content (AvgIpc) is 3.27. The van der Waals surface area contributed by atoms with Crippen molar-refractivity contribution in [1.29, 1.82) is 0 Å². The summed E-state index contributed by atoms with van der Waals surface area (Å²) in [6.45, 7) is 1.02. The Bertz CT molecular complexity index is 1070. The number of ether oxygens (including phenoxy) is 2. The highest BCUT2D eigenvalue weighted by Gasteiger charge is 2.18. The van der Waals surface area contributed by atoms with E-state index < -0.39 is 0 Å². The van der Waals surface area contributed by atoms with Crippen molar-refractivity contribution in [2.75, 3.05) is 25.1 Å². The van der Waals surface area contributed by atoms with Gasteiger partial charge < -0.3 is 14.0 Å². The molecule has 1 amide bonds. The Balaban J connectivity index is 1.81. The third-order valence-electron chi connectivity index (χ3n) is 4.21. The topological polar surface area (TPSA) is 52.8 Å². The molecule has 0 unspecified atom stereocenters. The number of thioether (sulfide) groups is 2. The summed E-state index contributed by atoms with van der Waals surface area (Å²) >= 11 is 4.87. The normalized spacial score (nSPS) is 13.5. The van der Waals surface area contributed by atoms with Crippen LogP contribution < -0.4 is 14.3 Å². The zero-order valence-corrected chi connectivity index (χ0v) is 17.4. The summed E-state index contributed by atoms with van der Waals surface area (Å²) in [5, 5.41) is 0. The molecule has 0 bridgehead atoms. The lowest BCUT2D eigenvalue weighted by atomic mass is 10.2. The number of carbonyl (C=O) groups excluding carboxylic acids is 1. The van der Waals surface area contributed by atoms with Crippen molar-refractivity contribution >= 4 is 51.0 Å². The molecule has 0 atom stereocenters. The van der Waals surface area contributed by atoms with Gasteiger partial charge in [-0.1, -0.05) is 17.4 Å². The summed E-state index contributed by atoms with van der Waals surface area (Å²) in [5.41, 5.74) is 1.62. The molecule has 140 valence electrons. The minimum absolute atomic E-state index is 0.226. The zero-order valence-electron chi connectivity index (χ0n) is 14.9. The Morgan fingerprint density at radius 3 is 2.81 bits per heavy atom. The summed E-state index contributed by atoms with van der Waals surface area (Å²) in [6.07, 6.45) is 4.06. The van der Waals surface area contributed by atoms with E-state index in [0.717, 1.165) is 38.9 Å². The maximum absolute atomic E-state index is 12.7. The van der Waals surface area contributed by atoms with Gasteiger partial charge in [-0.15, -0.1) is 11.8 Å². The van der Waals surface area contributed by atoms with Crippen LogP contribution in [-0.4, -0.2) is 35.5 Å². The first-order valence-corrected chi connectivity index (χ1v) is 11.8. The van der Waals surface area contributed by atoms with Crippen molar-refractivity contribution < 1.29 is 14.3 Å². The number of aryl methyl sites for hydroxylation is 1. The summed E-state index contributed by atoms with van der Waals surface area (Å²) in [6, 6.07) is 11.5. The first-order chi connectivity index (χ1) is 13.2. The number of carbonyl (C=O) groups is 1. The zero-order chi connectivity index (χ0) is 18.8. The average molecular weight is 419 g/mol. The van der Waals surface area contributed by atoms with Gasteiger partial charge in [0.1, 0.15) is 0 Å². The van der Waals surface area contributed by atoms with Crippen LogP contribution in [0.1, 0.15) is 10.4 Å². The van der Waals surface area contributed by atoms with Crippen molar-refractivity contribution in [2.24, 2.45) is 4.99 Å². The number of benzene rings is 2. The fourth-order valence-corrected chi connectivity index (χ4v) is 4.74. The van der Waals surface area contributed by atoms with E-state index in [2.05, 4.69) is 15.8 Å². The molecule has 27 heavy (non-hydrogen) atoms. The number of nitrogens with zero attached hydrogens (tertiary/aromatic N) is 2. The third-order valence-corrected chi connectivity index (χ3v) is 6.57. The molecule has 2 heterocycles. The van der Waals surface area contributed by atoms with E-state index in [1.54, 1.807) is 29.6 Å². The van der Waals surface area contributed by atoms with Gasteiger partial charge >= 0.3 is 0 Å². The van der Waals surface area contributed by atoms with Gasteiger partial charge in [-0.2, -0.15) is 16.8 Å². The molecule has 0 aliphatic carbocycles. The number of aromatic nitrogens is 1. The largest absolute Gasteiger partial charge is 0.454 e. The van der Waals surface area contributed by atoms with E-state index in [1.165, 1.54) is 11.3 Å². The monoisotopic (exact) mass is 418 g/mol. The maximum atomic E-state index is 12.7. The fraction of sp³-hybridized carbons (Fsp3) is 0.263. The lowest BCUT2D eigenvalue weighted by molar-refractivity contribution is 0.0997. The lowest BCUT2D eigenvalue weighted by Gasteiger charge is -2.05. The van der Waals surface area contributed by atoms with Gasteiger partial charge in [0.05, 0.1) is 10.2 Å². The minimum atomic E-state index is -0.226. The van der Waals surface area contributed by atoms with Crippen molar-refractivity contribution in [3.8, 4) is 11.5 Å². The molecular formula is C19H18N2O3S3. The van der Waals surface area contributed by atoms with Crippen LogP contribution in [0.5, 0.6) is 11.5 Å². The smallest absolute Gasteiger partial charge is 0.279 e. The Morgan fingerprint density at radius 2 is 2.04 bits per heavy atom. The number of hydrogen-bond acceptors (Lipinski definition) is 6. The quantitative estimate of drug-likeness (QED) is 0.580. The Hall–Kier alpha value is -1.90. The summed E-state index contributed by atoms with van der Waals surface area (Å²) in [5.74, 6) is 2.19. The van der Waals surface area contributed by atoms with Crippen molar-refractivity contribution in [1.82, 2.24) is 4.57 Å². The Morgan fingerprint density at radius 1 is 1.22 bits per heavy atom. The highest BCUT2D eigenvalue weighted by molar-refractivity contribution is 7.98. The number of fused-ring (bicyclic) bond motifs is 2. The van der Waals surface area contributed by atoms with E-state index in [4.69, 9.17) is 9.47 Å². The predicted octanol–water partition coefficient (Wildman–Crippen LogP) is 4.26. The van der Waals surface area contributed by atoms with E-state index in [-0.39, 0.29) is 12.7 Å². The van der Waals surface area contributed by atoms with Crippen molar-refractivity contribution in [2.45, 2.75) is 11.4 Å². The van der Waals surface area contributed by atoms with Crippen LogP contribution in [0.25, 0.3) is 10.2 Å². The third kappa shape index (κ3) is 3.74. The first-order valence-electron chi connectivity index (χ1n) is 8.34. The van der Waals surface area contributed by atoms with Gasteiger partial charge in [-0.3, -0.25) is 4.79 Å². The van der Waals surface area contributed by atoms with Crippen LogP contribution in [0.4, 0.5) is 0 Å². The standard InChI is InChI=1S/C19H18N2O3S3/c1-25-7-6-21-14-9-15-16(24-11-23-15)10-17(14)27-19(21)20-18(22)12-4-3-5-13(8-12)26-2/h3-5,8-10H,6-7,11H2,1-2H3. The van der Waals surface area contributed by atoms with E-state index in [1.807, 2.05) is 36.6 Å². The molecule has 8 heteroatoms. The molecule has 0 N–H and O–H groups in total. The highest BCUT2D eigenvalue weighted by atomic mass is 32.2. The molecule has 5 nitrogen and oxygen atoms in total. The van der Waals surface area contributed by atoms with Crippen molar-refractivity contribution in [3.63, 3.8) is 0 Å². The molecule has 0 spiro atoms. The molecule has 0 radical (unpaired) electrons. The van der Waals surface area contributed by atoms with Crippen LogP contribution in [0.3, 0.4) is 0 Å². The van der Waals surface area contributed by atoms with Gasteiger partial charge in [0.2, 0.25) is 6.79 Å². The molecule has 1 aliphatic rings. The molecule has 0 saturated heterocycles. The molecule has 0 fully saturated rings. The molecule has 1 aliphatic heterocycles. The van der Waals surface area contributed by atoms with Gasteiger partial charge in [-0.05, 0) is 30.7 Å². The fourth-order valence-electron chi connectivity index (χ4n) is 2.85. The number of thiazole rings is 1. The summed E-state index contributed by atoms with van der Waals surface area (Å²) in [7, 11) is 0. The molecule has 4 rings (SSSR count). The lowest BCUT2D eigenvalue weighted by Crippen LogP contribution is -2.18. The summed E-state index contributed by atoms with van der Waals surface area (Å²) < 4.78 is 14.1. The van der Waals surface area contributed by atoms with Gasteiger partial charge in [-0.25, -0.2) is 0 Å². The molecule has 2 aromatic carbocycles. The highest BCUT2D eigenvalue weighted by Crippen LogP contribution is 2.37. The van der Waals surface area contributed by atoms with Gasteiger partial charge in [0.25, 0.3) is 5.91 Å². The van der Waals surface area contributed by atoms with Crippen LogP contribution in [-0.2, 0) is 6.54 Å². The number of amides is 1. The maximum Gasteiger partial charge on any atom is 0.279 e. The van der Waals surface area contributed by atoms with Crippen LogP contribution in [0.15, 0.2) is 46.3 Å². The Labute approximate surface area is 169 Å². The number of hydrogen-bond donors (Lipinski definition) is 0. The SMILES string of the molecule is CSCCn1c(=NC(=O)c2cccc(SC)c2)sc2cc3c(cc21)OCO3. The molecule has 3 aromatic rings. The Kier molecular flexibility index (Phi) is 5.47. The molecule has 1 aromatic heterocycles. The van der Waals surface area contributed by atoms with Gasteiger partial charge in [0, 0.05) is 34.9 Å². The predicted molar refractivity (Wildman–Crippen MR) is 112 cm³/mol. The summed E-state index contributed by atoms with van der Waals surface area (Å²) in [4.78, 5) is 18.9. The van der Waals surface area contributed by atoms with Crippen LogP contribution in [0.2, 0.25) is 0 Å². The number of rotatable bonds is 5. The van der Waals surface area contributed by atoms with E-state index in [0.29, 0.717) is 10.4 Å². The van der Waals surface area contributed by atoms with Crippen LogP contribution >= 0.6 is 34.9 Å². The van der Waals surface area contributed by atoms with E-state index in [9.17, 15) is 4.79 Å². The van der Waals surface area contributed by atoms with Crippen LogP contribution in [0, 0.1) is 0 Å². The second-order valence-electron chi connectivity index (χ2n) is 5.85. The minimum Gasteiger partial charge on any atom is -0.454 e. The first kappa shape index (κ1) is 18.5.